The minimum absolute atomic E-state index is 0.0486. The van der Waals surface area contributed by atoms with Gasteiger partial charge in [0.2, 0.25) is 5.91 Å². The summed E-state index contributed by atoms with van der Waals surface area (Å²) in [5.41, 5.74) is 6.06. The molecule has 0 aliphatic heterocycles. The van der Waals surface area contributed by atoms with Crippen molar-refractivity contribution in [2.24, 2.45) is 23.5 Å². The van der Waals surface area contributed by atoms with E-state index in [-0.39, 0.29) is 17.9 Å². The highest BCUT2D eigenvalue weighted by Gasteiger charge is 2.33. The fourth-order valence-electron chi connectivity index (χ4n) is 2.61. The lowest BCUT2D eigenvalue weighted by atomic mass is 9.78. The lowest BCUT2D eigenvalue weighted by Gasteiger charge is -2.34. The molecule has 1 fully saturated rings. The Labute approximate surface area is 99.4 Å². The summed E-state index contributed by atoms with van der Waals surface area (Å²) >= 11 is 0. The van der Waals surface area contributed by atoms with Gasteiger partial charge in [0.1, 0.15) is 0 Å². The third kappa shape index (κ3) is 3.48. The van der Waals surface area contributed by atoms with E-state index in [9.17, 15) is 4.79 Å². The third-order valence-corrected chi connectivity index (χ3v) is 3.50. The molecule has 1 aliphatic carbocycles. The van der Waals surface area contributed by atoms with Crippen LogP contribution in [0.25, 0.3) is 0 Å². The van der Waals surface area contributed by atoms with Gasteiger partial charge >= 0.3 is 0 Å². The molecular formula is C13H26N2O. The van der Waals surface area contributed by atoms with Crippen LogP contribution in [-0.2, 0) is 4.79 Å². The van der Waals surface area contributed by atoms with Crippen LogP contribution in [-0.4, -0.2) is 30.4 Å². The Balaban J connectivity index is 2.57. The molecule has 1 amide bonds. The topological polar surface area (TPSA) is 46.3 Å². The van der Waals surface area contributed by atoms with Crippen LogP contribution in [0.15, 0.2) is 0 Å². The molecular weight excluding hydrogens is 200 g/mol. The van der Waals surface area contributed by atoms with Crippen LogP contribution >= 0.6 is 0 Å². The van der Waals surface area contributed by atoms with E-state index < -0.39 is 0 Å². The van der Waals surface area contributed by atoms with Crippen molar-refractivity contribution >= 4 is 5.91 Å². The molecule has 0 aromatic rings. The van der Waals surface area contributed by atoms with Crippen molar-refractivity contribution < 1.29 is 4.79 Å². The molecule has 0 heterocycles. The van der Waals surface area contributed by atoms with Crippen molar-refractivity contribution in [3.63, 3.8) is 0 Å². The van der Waals surface area contributed by atoms with Crippen molar-refractivity contribution in [3.05, 3.63) is 0 Å². The second kappa shape index (κ2) is 5.67. The van der Waals surface area contributed by atoms with Gasteiger partial charge in [-0.1, -0.05) is 20.8 Å². The molecule has 2 N–H and O–H groups in total. The summed E-state index contributed by atoms with van der Waals surface area (Å²) in [6.07, 6.45) is 3.12. The zero-order valence-electron chi connectivity index (χ0n) is 11.1. The van der Waals surface area contributed by atoms with Gasteiger partial charge in [-0.25, -0.2) is 0 Å². The first-order valence-electron chi connectivity index (χ1n) is 6.42. The third-order valence-electron chi connectivity index (χ3n) is 3.50. The number of rotatable bonds is 3. The van der Waals surface area contributed by atoms with E-state index in [1.807, 2.05) is 11.9 Å². The van der Waals surface area contributed by atoms with Gasteiger partial charge in [0, 0.05) is 19.6 Å². The van der Waals surface area contributed by atoms with Gasteiger partial charge in [0.15, 0.2) is 0 Å². The molecule has 0 radical (unpaired) electrons. The fourth-order valence-corrected chi connectivity index (χ4v) is 2.61. The van der Waals surface area contributed by atoms with Gasteiger partial charge in [-0.3, -0.25) is 4.79 Å². The molecule has 94 valence electrons. The number of carbonyl (C=O) groups excluding carboxylic acids is 1. The standard InChI is InChI=1S/C13H26N2O/c1-9(2)8-15(4)13(16)11-7-10(3)5-6-12(11)14/h9-12H,5-8,14H2,1-4H3. The Hall–Kier alpha value is -0.570. The van der Waals surface area contributed by atoms with Crippen LogP contribution in [0.5, 0.6) is 0 Å². The summed E-state index contributed by atoms with van der Waals surface area (Å²) in [7, 11) is 1.90. The summed E-state index contributed by atoms with van der Waals surface area (Å²) in [6, 6.07) is 0.0679. The van der Waals surface area contributed by atoms with Crippen molar-refractivity contribution in [1.29, 1.82) is 0 Å². The molecule has 3 atom stereocenters. The maximum absolute atomic E-state index is 12.2. The first-order valence-corrected chi connectivity index (χ1v) is 6.42. The summed E-state index contributed by atoms with van der Waals surface area (Å²) in [4.78, 5) is 14.1. The van der Waals surface area contributed by atoms with Crippen LogP contribution in [0.2, 0.25) is 0 Å². The Morgan fingerprint density at radius 2 is 2.06 bits per heavy atom. The molecule has 0 aromatic carbocycles. The smallest absolute Gasteiger partial charge is 0.227 e. The Bertz CT molecular complexity index is 240. The minimum Gasteiger partial charge on any atom is -0.345 e. The number of hydrogen-bond donors (Lipinski definition) is 1. The van der Waals surface area contributed by atoms with Crippen molar-refractivity contribution in [2.45, 2.75) is 46.1 Å². The van der Waals surface area contributed by atoms with E-state index >= 15 is 0 Å². The van der Waals surface area contributed by atoms with E-state index in [0.717, 1.165) is 19.4 Å². The maximum Gasteiger partial charge on any atom is 0.227 e. The predicted molar refractivity (Wildman–Crippen MR) is 67.0 cm³/mol. The first-order chi connectivity index (χ1) is 7.41. The Morgan fingerprint density at radius 1 is 1.44 bits per heavy atom. The van der Waals surface area contributed by atoms with Crippen LogP contribution < -0.4 is 5.73 Å². The first kappa shape index (κ1) is 13.5. The monoisotopic (exact) mass is 226 g/mol. The van der Waals surface area contributed by atoms with E-state index in [1.54, 1.807) is 0 Å². The Morgan fingerprint density at radius 3 is 2.62 bits per heavy atom. The molecule has 3 unspecified atom stereocenters. The quantitative estimate of drug-likeness (QED) is 0.798. The molecule has 0 saturated heterocycles. The molecule has 0 bridgehead atoms. The second-order valence-corrected chi connectivity index (χ2v) is 5.80. The summed E-state index contributed by atoms with van der Waals surface area (Å²) < 4.78 is 0. The highest BCUT2D eigenvalue weighted by Crippen LogP contribution is 2.29. The van der Waals surface area contributed by atoms with Crippen LogP contribution in [0.1, 0.15) is 40.0 Å². The largest absolute Gasteiger partial charge is 0.345 e. The molecule has 16 heavy (non-hydrogen) atoms. The van der Waals surface area contributed by atoms with Gasteiger partial charge < -0.3 is 10.6 Å². The molecule has 3 heteroatoms. The van der Waals surface area contributed by atoms with E-state index in [2.05, 4.69) is 20.8 Å². The Kier molecular flexibility index (Phi) is 4.78. The highest BCUT2D eigenvalue weighted by atomic mass is 16.2. The van der Waals surface area contributed by atoms with Gasteiger partial charge in [-0.2, -0.15) is 0 Å². The lowest BCUT2D eigenvalue weighted by Crippen LogP contribution is -2.46. The van der Waals surface area contributed by atoms with Crippen LogP contribution in [0.4, 0.5) is 0 Å². The average Bonchev–Trinajstić information content (AvgIpc) is 2.19. The second-order valence-electron chi connectivity index (χ2n) is 5.80. The van der Waals surface area contributed by atoms with Gasteiger partial charge in [0.05, 0.1) is 5.92 Å². The molecule has 3 nitrogen and oxygen atoms in total. The molecule has 0 spiro atoms. The van der Waals surface area contributed by atoms with Crippen molar-refractivity contribution in [2.75, 3.05) is 13.6 Å². The molecule has 1 rings (SSSR count). The zero-order valence-corrected chi connectivity index (χ0v) is 11.1. The normalized spacial score (nSPS) is 30.5. The van der Waals surface area contributed by atoms with Crippen LogP contribution in [0, 0.1) is 17.8 Å². The van der Waals surface area contributed by atoms with E-state index in [4.69, 9.17) is 5.73 Å². The SMILES string of the molecule is CC(C)CN(C)C(=O)C1CC(C)CCC1N. The average molecular weight is 226 g/mol. The molecule has 1 saturated carbocycles. The highest BCUT2D eigenvalue weighted by molar-refractivity contribution is 5.79. The minimum atomic E-state index is 0.0486. The number of carbonyl (C=O) groups is 1. The van der Waals surface area contributed by atoms with Crippen molar-refractivity contribution in [1.82, 2.24) is 4.90 Å². The number of nitrogens with two attached hydrogens (primary N) is 1. The number of nitrogens with zero attached hydrogens (tertiary/aromatic N) is 1. The summed E-state index contributed by atoms with van der Waals surface area (Å²) in [5, 5.41) is 0. The van der Waals surface area contributed by atoms with Gasteiger partial charge in [-0.15, -0.1) is 0 Å². The van der Waals surface area contributed by atoms with Gasteiger partial charge in [0.25, 0.3) is 0 Å². The summed E-state index contributed by atoms with van der Waals surface area (Å²) in [5.74, 6) is 1.45. The maximum atomic E-state index is 12.2. The van der Waals surface area contributed by atoms with Crippen LogP contribution in [0.3, 0.4) is 0 Å². The van der Waals surface area contributed by atoms with Gasteiger partial charge in [-0.05, 0) is 31.1 Å². The lowest BCUT2D eigenvalue weighted by molar-refractivity contribution is -0.136. The molecule has 1 aliphatic rings. The molecule has 0 aromatic heterocycles. The fraction of sp³-hybridized carbons (Fsp3) is 0.923. The van der Waals surface area contributed by atoms with Crippen molar-refractivity contribution in [3.8, 4) is 0 Å². The zero-order chi connectivity index (χ0) is 12.3. The predicted octanol–water partition coefficient (Wildman–Crippen LogP) is 1.86. The van der Waals surface area contributed by atoms with E-state index in [1.165, 1.54) is 6.42 Å². The summed E-state index contributed by atoms with van der Waals surface area (Å²) in [6.45, 7) is 7.31. The number of amides is 1. The number of hydrogen-bond acceptors (Lipinski definition) is 2. The van der Waals surface area contributed by atoms with E-state index in [0.29, 0.717) is 11.8 Å².